The number of aromatic nitrogens is 5. The van der Waals surface area contributed by atoms with Gasteiger partial charge in [-0.3, -0.25) is 4.79 Å². The third-order valence-electron chi connectivity index (χ3n) is 6.88. The Bertz CT molecular complexity index is 2010. The molecule has 0 fully saturated rings. The lowest BCUT2D eigenvalue weighted by Crippen LogP contribution is -2.23. The van der Waals surface area contributed by atoms with Gasteiger partial charge in [0.25, 0.3) is 5.56 Å². The van der Waals surface area contributed by atoms with Crippen molar-refractivity contribution in [3.63, 3.8) is 0 Å². The summed E-state index contributed by atoms with van der Waals surface area (Å²) in [6.45, 7) is 6.16. The van der Waals surface area contributed by atoms with Crippen LogP contribution in [0.4, 0.5) is 0 Å². The number of para-hydroxylation sites is 1. The van der Waals surface area contributed by atoms with Crippen molar-refractivity contribution in [3.05, 3.63) is 118 Å². The van der Waals surface area contributed by atoms with Gasteiger partial charge in [-0.1, -0.05) is 42.2 Å². The Morgan fingerprint density at radius 1 is 1.07 bits per heavy atom. The van der Waals surface area contributed by atoms with Crippen LogP contribution < -0.4 is 19.6 Å². The zero-order chi connectivity index (χ0) is 27.9. The molecule has 0 saturated carbocycles. The maximum absolute atomic E-state index is 13.4. The van der Waals surface area contributed by atoms with E-state index in [1.807, 2.05) is 83.7 Å². The normalized spacial score (nSPS) is 14.8. The monoisotopic (exact) mass is 559 g/mol. The summed E-state index contributed by atoms with van der Waals surface area (Å²) in [6.07, 6.45) is 6.53. The SMILES string of the molecule is C=CCOc1ccc(-c2nc3sc(=Cc4cn(-c5ccccc5)nc4-c4ccc5c(c4)CC(C)O5)c(=O)n3n2)cc1. The highest BCUT2D eigenvalue weighted by molar-refractivity contribution is 7.15. The first-order valence-corrected chi connectivity index (χ1v) is 14.1. The zero-order valence-electron chi connectivity index (χ0n) is 22.2. The fraction of sp³-hybridized carbons (Fsp3) is 0.125. The van der Waals surface area contributed by atoms with Gasteiger partial charge in [0.2, 0.25) is 4.96 Å². The number of hydrogen-bond acceptors (Lipinski definition) is 7. The highest BCUT2D eigenvalue weighted by Gasteiger charge is 2.21. The van der Waals surface area contributed by atoms with Gasteiger partial charge in [-0.2, -0.15) is 14.6 Å². The zero-order valence-corrected chi connectivity index (χ0v) is 23.0. The van der Waals surface area contributed by atoms with Gasteiger partial charge in [0.15, 0.2) is 5.82 Å². The van der Waals surface area contributed by atoms with E-state index < -0.39 is 0 Å². The molecule has 0 aliphatic carbocycles. The summed E-state index contributed by atoms with van der Waals surface area (Å²) < 4.78 is 15.2. The highest BCUT2D eigenvalue weighted by atomic mass is 32.1. The molecule has 0 spiro atoms. The lowest BCUT2D eigenvalue weighted by atomic mass is 10.0. The summed E-state index contributed by atoms with van der Waals surface area (Å²) in [5, 5.41) is 9.44. The molecule has 4 heterocycles. The molecule has 1 aliphatic rings. The molecule has 0 radical (unpaired) electrons. The van der Waals surface area contributed by atoms with Gasteiger partial charge < -0.3 is 9.47 Å². The summed E-state index contributed by atoms with van der Waals surface area (Å²) >= 11 is 1.31. The van der Waals surface area contributed by atoms with Gasteiger partial charge in [-0.05, 0) is 73.2 Å². The predicted molar refractivity (Wildman–Crippen MR) is 160 cm³/mol. The third kappa shape index (κ3) is 4.70. The van der Waals surface area contributed by atoms with Crippen LogP contribution in [0.3, 0.4) is 0 Å². The minimum absolute atomic E-state index is 0.152. The molecule has 0 N–H and O–H groups in total. The maximum atomic E-state index is 13.4. The van der Waals surface area contributed by atoms with E-state index in [9.17, 15) is 4.79 Å². The Labute approximate surface area is 239 Å². The summed E-state index contributed by atoms with van der Waals surface area (Å²) in [5.74, 6) is 2.13. The van der Waals surface area contributed by atoms with Crippen LogP contribution in [0.25, 0.3) is 39.4 Å². The van der Waals surface area contributed by atoms with E-state index in [4.69, 9.17) is 14.6 Å². The Kier molecular flexibility index (Phi) is 6.20. The lowest BCUT2D eigenvalue weighted by molar-refractivity contribution is 0.254. The molecule has 202 valence electrons. The second kappa shape index (κ2) is 10.2. The first kappa shape index (κ1) is 25.0. The maximum Gasteiger partial charge on any atom is 0.291 e. The van der Waals surface area contributed by atoms with Crippen molar-refractivity contribution < 1.29 is 9.47 Å². The quantitative estimate of drug-likeness (QED) is 0.253. The third-order valence-corrected chi connectivity index (χ3v) is 7.84. The van der Waals surface area contributed by atoms with Gasteiger partial charge in [-0.25, -0.2) is 4.68 Å². The predicted octanol–water partition coefficient (Wildman–Crippen LogP) is 5.11. The molecule has 0 saturated heterocycles. The Hall–Kier alpha value is -5.02. The highest BCUT2D eigenvalue weighted by Crippen LogP contribution is 2.34. The molecule has 8 nitrogen and oxygen atoms in total. The number of rotatable bonds is 7. The first-order chi connectivity index (χ1) is 20.1. The van der Waals surface area contributed by atoms with Crippen molar-refractivity contribution in [2.45, 2.75) is 19.4 Å². The van der Waals surface area contributed by atoms with Crippen LogP contribution >= 0.6 is 11.3 Å². The summed E-state index contributed by atoms with van der Waals surface area (Å²) in [6, 6.07) is 23.5. The molecule has 0 bridgehead atoms. The molecule has 41 heavy (non-hydrogen) atoms. The van der Waals surface area contributed by atoms with Crippen molar-refractivity contribution in [2.24, 2.45) is 0 Å². The minimum atomic E-state index is -0.218. The second-order valence-corrected chi connectivity index (χ2v) is 10.8. The van der Waals surface area contributed by atoms with Crippen LogP contribution in [0.2, 0.25) is 0 Å². The number of ether oxygens (including phenoxy) is 2. The lowest BCUT2D eigenvalue weighted by Gasteiger charge is -2.04. The van der Waals surface area contributed by atoms with Gasteiger partial charge in [0.05, 0.1) is 10.2 Å². The molecule has 1 atom stereocenters. The Morgan fingerprint density at radius 2 is 1.88 bits per heavy atom. The van der Waals surface area contributed by atoms with Gasteiger partial charge in [0.1, 0.15) is 29.9 Å². The smallest absolute Gasteiger partial charge is 0.291 e. The number of nitrogens with zero attached hydrogens (tertiary/aromatic N) is 5. The van der Waals surface area contributed by atoms with E-state index in [0.29, 0.717) is 21.9 Å². The molecule has 1 aliphatic heterocycles. The Balaban J connectivity index is 1.29. The van der Waals surface area contributed by atoms with Crippen molar-refractivity contribution in [1.29, 1.82) is 0 Å². The first-order valence-electron chi connectivity index (χ1n) is 13.3. The van der Waals surface area contributed by atoms with Gasteiger partial charge in [-0.15, -0.1) is 5.10 Å². The van der Waals surface area contributed by atoms with E-state index >= 15 is 0 Å². The molecule has 0 amide bonds. The molecule has 7 rings (SSSR count). The fourth-order valence-electron chi connectivity index (χ4n) is 4.95. The van der Waals surface area contributed by atoms with Crippen LogP contribution in [0.15, 0.2) is 96.4 Å². The van der Waals surface area contributed by atoms with Crippen LogP contribution in [0.1, 0.15) is 18.1 Å². The number of thiazole rings is 1. The van der Waals surface area contributed by atoms with E-state index in [-0.39, 0.29) is 11.7 Å². The standard InChI is InChI=1S/C32H25N5O3S/c1-3-15-39-26-12-9-21(10-13-26)30-33-32-37(35-30)31(38)28(41-32)18-24-19-36(25-7-5-4-6-8-25)34-29(24)22-11-14-27-23(17-22)16-20(2)40-27/h3-14,17-20H,1,15-16H2,2H3. The molecular formula is C32H25N5O3S. The molecule has 1 unspecified atom stereocenters. The minimum Gasteiger partial charge on any atom is -0.490 e. The molecule has 3 aromatic heterocycles. The molecular weight excluding hydrogens is 534 g/mol. The van der Waals surface area contributed by atoms with Crippen LogP contribution in [-0.4, -0.2) is 37.1 Å². The average molecular weight is 560 g/mol. The van der Waals surface area contributed by atoms with E-state index in [1.54, 1.807) is 6.08 Å². The number of benzene rings is 3. The van der Waals surface area contributed by atoms with Crippen molar-refractivity contribution in [2.75, 3.05) is 6.61 Å². The van der Waals surface area contributed by atoms with E-state index in [0.717, 1.165) is 51.6 Å². The second-order valence-electron chi connectivity index (χ2n) is 9.84. The van der Waals surface area contributed by atoms with Crippen LogP contribution in [0.5, 0.6) is 11.5 Å². The number of fused-ring (bicyclic) bond motifs is 2. The van der Waals surface area contributed by atoms with Crippen LogP contribution in [-0.2, 0) is 6.42 Å². The van der Waals surface area contributed by atoms with E-state index in [1.165, 1.54) is 15.9 Å². The molecule has 6 aromatic rings. The van der Waals surface area contributed by atoms with Gasteiger partial charge >= 0.3 is 0 Å². The topological polar surface area (TPSA) is 83.5 Å². The van der Waals surface area contributed by atoms with Crippen LogP contribution in [0, 0.1) is 0 Å². The fourth-order valence-corrected chi connectivity index (χ4v) is 5.85. The summed E-state index contributed by atoms with van der Waals surface area (Å²) in [5.41, 5.74) is 5.26. The van der Waals surface area contributed by atoms with Gasteiger partial charge in [0, 0.05) is 29.3 Å². The number of hydrogen-bond donors (Lipinski definition) is 0. The van der Waals surface area contributed by atoms with Crippen molar-refractivity contribution in [3.8, 4) is 39.8 Å². The summed E-state index contributed by atoms with van der Waals surface area (Å²) in [4.78, 5) is 18.6. The van der Waals surface area contributed by atoms with Crippen molar-refractivity contribution >= 4 is 22.4 Å². The van der Waals surface area contributed by atoms with E-state index in [2.05, 4.69) is 29.7 Å². The average Bonchev–Trinajstić information content (AvgIpc) is 3.76. The molecule has 9 heteroatoms. The summed E-state index contributed by atoms with van der Waals surface area (Å²) in [7, 11) is 0. The van der Waals surface area contributed by atoms with Crippen molar-refractivity contribution in [1.82, 2.24) is 24.4 Å². The molecule has 3 aromatic carbocycles. The largest absolute Gasteiger partial charge is 0.490 e. The Morgan fingerprint density at radius 3 is 2.66 bits per heavy atom.